The number of imidazole rings is 1. The number of aromatic nitrogens is 2. The van der Waals surface area contributed by atoms with Gasteiger partial charge in [0, 0.05) is 10.7 Å². The Balaban J connectivity index is 1.64. The molecule has 0 aliphatic heterocycles. The molecule has 7 heteroatoms. The lowest BCUT2D eigenvalue weighted by Crippen LogP contribution is -2.15. The molecule has 0 aliphatic carbocycles. The minimum atomic E-state index is -0.382. The molecular weight excluding hydrogens is 337 g/mol. The molecule has 0 spiro atoms. The molecule has 1 aromatic heterocycles. The molecule has 3 rings (SSSR count). The molecule has 0 bridgehead atoms. The summed E-state index contributed by atoms with van der Waals surface area (Å²) in [5.74, 6) is -0.432. The van der Waals surface area contributed by atoms with Crippen LogP contribution in [0.4, 0.5) is 10.1 Å². The average Bonchev–Trinajstić information content (AvgIpc) is 2.91. The first kappa shape index (κ1) is 15.8. The zero-order valence-corrected chi connectivity index (χ0v) is 13.8. The fourth-order valence-electron chi connectivity index (χ4n) is 2.08. The van der Waals surface area contributed by atoms with Gasteiger partial charge in [0.2, 0.25) is 5.91 Å². The van der Waals surface area contributed by atoms with Crippen LogP contribution in [0, 0.1) is 12.7 Å². The van der Waals surface area contributed by atoms with E-state index in [1.54, 1.807) is 18.2 Å². The smallest absolute Gasteiger partial charge is 0.234 e. The normalized spacial score (nSPS) is 10.9. The summed E-state index contributed by atoms with van der Waals surface area (Å²) >= 11 is 7.20. The number of rotatable bonds is 4. The number of carbonyl (C=O) groups is 1. The van der Waals surface area contributed by atoms with Gasteiger partial charge in [-0.3, -0.25) is 4.79 Å². The van der Waals surface area contributed by atoms with Crippen molar-refractivity contribution in [3.8, 4) is 0 Å². The number of benzene rings is 2. The Hall–Kier alpha value is -2.05. The van der Waals surface area contributed by atoms with Gasteiger partial charge in [-0.2, -0.15) is 0 Å². The van der Waals surface area contributed by atoms with E-state index in [4.69, 9.17) is 11.6 Å². The number of halogens is 2. The standard InChI is InChI=1S/C16H13ClFN3OS/c1-9-2-4-11(18)7-13(9)19-15(22)8-23-16-20-12-5-3-10(17)6-14(12)21-16/h2-7H,8H2,1H3,(H,19,22)(H,20,21). The molecule has 4 nitrogen and oxygen atoms in total. The third-order valence-electron chi connectivity index (χ3n) is 3.24. The number of amides is 1. The Labute approximate surface area is 141 Å². The first-order chi connectivity index (χ1) is 11.0. The van der Waals surface area contributed by atoms with Crippen LogP contribution in [0.5, 0.6) is 0 Å². The monoisotopic (exact) mass is 349 g/mol. The largest absolute Gasteiger partial charge is 0.333 e. The predicted octanol–water partition coefficient (Wildman–Crippen LogP) is 4.39. The molecule has 23 heavy (non-hydrogen) atoms. The van der Waals surface area contributed by atoms with Crippen molar-refractivity contribution in [2.24, 2.45) is 0 Å². The minimum Gasteiger partial charge on any atom is -0.333 e. The highest BCUT2D eigenvalue weighted by atomic mass is 35.5. The van der Waals surface area contributed by atoms with Crippen LogP contribution < -0.4 is 5.32 Å². The van der Waals surface area contributed by atoms with Crippen LogP contribution in [0.3, 0.4) is 0 Å². The average molecular weight is 350 g/mol. The predicted molar refractivity (Wildman–Crippen MR) is 91.6 cm³/mol. The number of nitrogens with zero attached hydrogens (tertiary/aromatic N) is 1. The molecule has 0 unspecified atom stereocenters. The zero-order valence-electron chi connectivity index (χ0n) is 12.2. The second-order valence-electron chi connectivity index (χ2n) is 5.00. The molecule has 0 radical (unpaired) electrons. The van der Waals surface area contributed by atoms with Crippen molar-refractivity contribution < 1.29 is 9.18 Å². The number of H-pyrrole nitrogens is 1. The summed E-state index contributed by atoms with van der Waals surface area (Å²) < 4.78 is 13.2. The van der Waals surface area contributed by atoms with Gasteiger partial charge in [0.25, 0.3) is 0 Å². The van der Waals surface area contributed by atoms with E-state index < -0.39 is 0 Å². The van der Waals surface area contributed by atoms with Gasteiger partial charge in [-0.15, -0.1) is 0 Å². The number of anilines is 1. The van der Waals surface area contributed by atoms with E-state index in [1.165, 1.54) is 23.9 Å². The van der Waals surface area contributed by atoms with Crippen molar-refractivity contribution in [1.82, 2.24) is 9.97 Å². The molecule has 3 aromatic rings. The van der Waals surface area contributed by atoms with E-state index in [2.05, 4.69) is 15.3 Å². The lowest BCUT2D eigenvalue weighted by atomic mass is 10.2. The maximum atomic E-state index is 13.2. The number of aromatic amines is 1. The van der Waals surface area contributed by atoms with Crippen LogP contribution >= 0.6 is 23.4 Å². The molecule has 1 heterocycles. The highest BCUT2D eigenvalue weighted by molar-refractivity contribution is 7.99. The molecule has 0 saturated heterocycles. The van der Waals surface area contributed by atoms with Gasteiger partial charge in [0.15, 0.2) is 5.16 Å². The molecule has 0 saturated carbocycles. The number of carbonyl (C=O) groups excluding carboxylic acids is 1. The molecule has 2 aromatic carbocycles. The molecule has 0 aliphatic rings. The fraction of sp³-hybridized carbons (Fsp3) is 0.125. The molecule has 0 atom stereocenters. The van der Waals surface area contributed by atoms with Crippen molar-refractivity contribution in [3.63, 3.8) is 0 Å². The van der Waals surface area contributed by atoms with E-state index >= 15 is 0 Å². The van der Waals surface area contributed by atoms with Crippen LogP contribution in [-0.4, -0.2) is 21.6 Å². The number of aryl methyl sites for hydroxylation is 1. The van der Waals surface area contributed by atoms with E-state index in [0.29, 0.717) is 15.9 Å². The maximum absolute atomic E-state index is 13.2. The van der Waals surface area contributed by atoms with Gasteiger partial charge in [0.1, 0.15) is 5.82 Å². The van der Waals surface area contributed by atoms with Crippen LogP contribution in [0.1, 0.15) is 5.56 Å². The van der Waals surface area contributed by atoms with Crippen LogP contribution in [0.2, 0.25) is 5.02 Å². The van der Waals surface area contributed by atoms with Crippen molar-refractivity contribution in [1.29, 1.82) is 0 Å². The van der Waals surface area contributed by atoms with Crippen molar-refractivity contribution >= 4 is 46.0 Å². The fourth-order valence-corrected chi connectivity index (χ4v) is 2.93. The summed E-state index contributed by atoms with van der Waals surface area (Å²) in [5, 5.41) is 3.96. The van der Waals surface area contributed by atoms with E-state index in [-0.39, 0.29) is 17.5 Å². The molecule has 1 amide bonds. The van der Waals surface area contributed by atoms with Gasteiger partial charge in [0.05, 0.1) is 16.8 Å². The second-order valence-corrected chi connectivity index (χ2v) is 6.40. The van der Waals surface area contributed by atoms with E-state index in [1.807, 2.05) is 13.0 Å². The molecular formula is C16H13ClFN3OS. The van der Waals surface area contributed by atoms with Gasteiger partial charge < -0.3 is 10.3 Å². The highest BCUT2D eigenvalue weighted by Gasteiger charge is 2.09. The number of hydrogen-bond acceptors (Lipinski definition) is 3. The number of nitrogens with one attached hydrogen (secondary N) is 2. The lowest BCUT2D eigenvalue weighted by Gasteiger charge is -2.07. The first-order valence-electron chi connectivity index (χ1n) is 6.85. The number of thioether (sulfide) groups is 1. The number of fused-ring (bicyclic) bond motifs is 1. The Kier molecular flexibility index (Phi) is 4.54. The summed E-state index contributed by atoms with van der Waals surface area (Å²) in [4.78, 5) is 19.5. The summed E-state index contributed by atoms with van der Waals surface area (Å²) in [7, 11) is 0. The van der Waals surface area contributed by atoms with Crippen molar-refractivity contribution in [2.45, 2.75) is 12.1 Å². The molecule has 118 valence electrons. The van der Waals surface area contributed by atoms with E-state index in [0.717, 1.165) is 16.6 Å². The van der Waals surface area contributed by atoms with Crippen molar-refractivity contribution in [2.75, 3.05) is 11.1 Å². The Bertz CT molecular complexity index is 881. The summed E-state index contributed by atoms with van der Waals surface area (Å²) in [6, 6.07) is 9.65. The van der Waals surface area contributed by atoms with Gasteiger partial charge in [-0.1, -0.05) is 29.4 Å². The van der Waals surface area contributed by atoms with Gasteiger partial charge in [-0.25, -0.2) is 9.37 Å². The maximum Gasteiger partial charge on any atom is 0.234 e. The van der Waals surface area contributed by atoms with Crippen molar-refractivity contribution in [3.05, 3.63) is 52.8 Å². The third-order valence-corrected chi connectivity index (χ3v) is 4.34. The SMILES string of the molecule is Cc1ccc(F)cc1NC(=O)CSc1nc2ccc(Cl)cc2[nH]1. The van der Waals surface area contributed by atoms with Crippen LogP contribution in [0.15, 0.2) is 41.6 Å². The first-order valence-corrected chi connectivity index (χ1v) is 8.22. The van der Waals surface area contributed by atoms with Crippen LogP contribution in [0.25, 0.3) is 11.0 Å². The van der Waals surface area contributed by atoms with Gasteiger partial charge in [-0.05, 0) is 42.8 Å². The summed E-state index contributed by atoms with van der Waals surface area (Å²) in [5.41, 5.74) is 2.90. The quantitative estimate of drug-likeness (QED) is 0.686. The topological polar surface area (TPSA) is 57.8 Å². The Morgan fingerprint density at radius 2 is 2.17 bits per heavy atom. The Morgan fingerprint density at radius 1 is 1.35 bits per heavy atom. The summed E-state index contributed by atoms with van der Waals surface area (Å²) in [6.07, 6.45) is 0. The molecule has 0 fully saturated rings. The zero-order chi connectivity index (χ0) is 16.4. The Morgan fingerprint density at radius 3 is 3.00 bits per heavy atom. The van der Waals surface area contributed by atoms with Gasteiger partial charge >= 0.3 is 0 Å². The lowest BCUT2D eigenvalue weighted by molar-refractivity contribution is -0.113. The van der Waals surface area contributed by atoms with Crippen LogP contribution in [-0.2, 0) is 4.79 Å². The third kappa shape index (κ3) is 3.83. The highest BCUT2D eigenvalue weighted by Crippen LogP contribution is 2.23. The second kappa shape index (κ2) is 6.60. The number of hydrogen-bond donors (Lipinski definition) is 2. The van der Waals surface area contributed by atoms with E-state index in [9.17, 15) is 9.18 Å². The molecule has 2 N–H and O–H groups in total. The minimum absolute atomic E-state index is 0.170. The summed E-state index contributed by atoms with van der Waals surface area (Å²) in [6.45, 7) is 1.81.